The van der Waals surface area contributed by atoms with Crippen LogP contribution in [0.2, 0.25) is 0 Å². The zero-order valence-electron chi connectivity index (χ0n) is 9.68. The van der Waals surface area contributed by atoms with Gasteiger partial charge in [0.25, 0.3) is 0 Å². The van der Waals surface area contributed by atoms with E-state index in [2.05, 4.69) is 4.98 Å². The second-order valence-electron chi connectivity index (χ2n) is 3.58. The van der Waals surface area contributed by atoms with Crippen molar-refractivity contribution >= 4 is 11.5 Å². The van der Waals surface area contributed by atoms with Gasteiger partial charge in [-0.05, 0) is 24.3 Å². The Labute approximate surface area is 103 Å². The number of carbonyl (C=O) groups is 1. The Morgan fingerprint density at radius 2 is 2.11 bits per heavy atom. The highest BCUT2D eigenvalue weighted by Gasteiger charge is 2.19. The predicted molar refractivity (Wildman–Crippen MR) is 65.0 cm³/mol. The van der Waals surface area contributed by atoms with Crippen molar-refractivity contribution in [3.05, 3.63) is 53.6 Å². The Bertz CT molecular complexity index is 599. The van der Waals surface area contributed by atoms with E-state index in [0.29, 0.717) is 5.75 Å². The van der Waals surface area contributed by atoms with Gasteiger partial charge < -0.3 is 10.5 Å². The van der Waals surface area contributed by atoms with Crippen LogP contribution in [0.5, 0.6) is 5.75 Å². The summed E-state index contributed by atoms with van der Waals surface area (Å²) in [5.74, 6) is -0.772. The SMILES string of the molecule is COc1cccnc1C(=O)c1cccc(F)c1N. The van der Waals surface area contributed by atoms with Crippen molar-refractivity contribution < 1.29 is 13.9 Å². The zero-order valence-corrected chi connectivity index (χ0v) is 9.68. The second kappa shape index (κ2) is 4.83. The number of benzene rings is 1. The van der Waals surface area contributed by atoms with Crippen LogP contribution in [0.25, 0.3) is 0 Å². The van der Waals surface area contributed by atoms with Gasteiger partial charge in [0.2, 0.25) is 5.78 Å². The molecule has 1 heterocycles. The number of halogens is 1. The predicted octanol–water partition coefficient (Wildman–Crippen LogP) is 2.04. The summed E-state index contributed by atoms with van der Waals surface area (Å²) < 4.78 is 18.3. The summed E-state index contributed by atoms with van der Waals surface area (Å²) in [6.45, 7) is 0. The van der Waals surface area contributed by atoms with Crippen LogP contribution < -0.4 is 10.5 Å². The molecule has 1 aromatic heterocycles. The molecule has 18 heavy (non-hydrogen) atoms. The number of nitrogens with two attached hydrogens (primary N) is 1. The first-order valence-corrected chi connectivity index (χ1v) is 5.23. The van der Waals surface area contributed by atoms with Crippen LogP contribution in [0.3, 0.4) is 0 Å². The summed E-state index contributed by atoms with van der Waals surface area (Å²) in [7, 11) is 1.43. The molecule has 0 aliphatic heterocycles. The number of aromatic nitrogens is 1. The van der Waals surface area contributed by atoms with Gasteiger partial charge in [-0.3, -0.25) is 4.79 Å². The Morgan fingerprint density at radius 1 is 1.33 bits per heavy atom. The van der Waals surface area contributed by atoms with Crippen molar-refractivity contribution in [1.29, 1.82) is 0 Å². The van der Waals surface area contributed by atoms with Gasteiger partial charge in [-0.25, -0.2) is 9.37 Å². The monoisotopic (exact) mass is 246 g/mol. The lowest BCUT2D eigenvalue weighted by atomic mass is 10.0. The summed E-state index contributed by atoms with van der Waals surface area (Å²) in [4.78, 5) is 16.2. The van der Waals surface area contributed by atoms with Crippen LogP contribution in [0, 0.1) is 5.82 Å². The normalized spacial score (nSPS) is 10.1. The molecule has 0 fully saturated rings. The lowest BCUT2D eigenvalue weighted by molar-refractivity contribution is 0.103. The fourth-order valence-electron chi connectivity index (χ4n) is 1.59. The molecule has 0 saturated heterocycles. The molecule has 0 radical (unpaired) electrons. The molecule has 2 N–H and O–H groups in total. The molecule has 0 bridgehead atoms. The molecule has 2 aromatic rings. The fraction of sp³-hybridized carbons (Fsp3) is 0.0769. The van der Waals surface area contributed by atoms with Gasteiger partial charge >= 0.3 is 0 Å². The number of pyridine rings is 1. The van der Waals surface area contributed by atoms with Crippen molar-refractivity contribution in [2.24, 2.45) is 0 Å². The van der Waals surface area contributed by atoms with Crippen molar-refractivity contribution in [2.75, 3.05) is 12.8 Å². The van der Waals surface area contributed by atoms with E-state index < -0.39 is 11.6 Å². The molecule has 0 atom stereocenters. The minimum atomic E-state index is -0.629. The number of anilines is 1. The zero-order chi connectivity index (χ0) is 13.1. The van der Waals surface area contributed by atoms with Gasteiger partial charge in [-0.15, -0.1) is 0 Å². The van der Waals surface area contributed by atoms with E-state index in [4.69, 9.17) is 10.5 Å². The summed E-state index contributed by atoms with van der Waals surface area (Å²) in [6.07, 6.45) is 1.46. The van der Waals surface area contributed by atoms with Gasteiger partial charge in [-0.1, -0.05) is 6.07 Å². The van der Waals surface area contributed by atoms with Gasteiger partial charge in [0, 0.05) is 6.20 Å². The molecular weight excluding hydrogens is 235 g/mol. The number of nitrogen functional groups attached to an aromatic ring is 1. The van der Waals surface area contributed by atoms with Gasteiger partial charge in [0.15, 0.2) is 5.69 Å². The molecule has 0 aliphatic rings. The van der Waals surface area contributed by atoms with Crippen molar-refractivity contribution in [1.82, 2.24) is 4.98 Å². The molecule has 4 nitrogen and oxygen atoms in total. The number of methoxy groups -OCH3 is 1. The van der Waals surface area contributed by atoms with Crippen LogP contribution in [0.4, 0.5) is 10.1 Å². The lowest BCUT2D eigenvalue weighted by Crippen LogP contribution is -2.10. The summed E-state index contributed by atoms with van der Waals surface area (Å²) >= 11 is 0. The molecule has 0 amide bonds. The van der Waals surface area contributed by atoms with E-state index in [1.165, 1.54) is 31.5 Å². The fourth-order valence-corrected chi connectivity index (χ4v) is 1.59. The Kier molecular flexibility index (Phi) is 3.23. The minimum Gasteiger partial charge on any atom is -0.494 e. The first-order chi connectivity index (χ1) is 8.65. The van der Waals surface area contributed by atoms with Crippen LogP contribution in [-0.4, -0.2) is 17.9 Å². The van der Waals surface area contributed by atoms with E-state index in [9.17, 15) is 9.18 Å². The summed E-state index contributed by atoms with van der Waals surface area (Å²) in [5, 5.41) is 0. The van der Waals surface area contributed by atoms with Gasteiger partial charge in [-0.2, -0.15) is 0 Å². The third kappa shape index (κ3) is 2.02. The molecule has 0 unspecified atom stereocenters. The molecule has 0 aliphatic carbocycles. The van der Waals surface area contributed by atoms with Crippen molar-refractivity contribution in [3.8, 4) is 5.75 Å². The first-order valence-electron chi connectivity index (χ1n) is 5.23. The highest BCUT2D eigenvalue weighted by atomic mass is 19.1. The van der Waals surface area contributed by atoms with Gasteiger partial charge in [0.05, 0.1) is 18.4 Å². The number of nitrogens with zero attached hydrogens (tertiary/aromatic N) is 1. The Morgan fingerprint density at radius 3 is 2.83 bits per heavy atom. The molecule has 0 spiro atoms. The maximum Gasteiger partial charge on any atom is 0.217 e. The number of carbonyl (C=O) groups excluding carboxylic acids is 1. The van der Waals surface area contributed by atoms with Crippen molar-refractivity contribution in [3.63, 3.8) is 0 Å². The quantitative estimate of drug-likeness (QED) is 0.664. The number of hydrogen-bond acceptors (Lipinski definition) is 4. The average Bonchev–Trinajstić information content (AvgIpc) is 2.41. The Balaban J connectivity index is 2.52. The van der Waals surface area contributed by atoms with Crippen molar-refractivity contribution in [2.45, 2.75) is 0 Å². The maximum atomic E-state index is 13.3. The van der Waals surface area contributed by atoms with E-state index in [1.807, 2.05) is 0 Å². The smallest absolute Gasteiger partial charge is 0.217 e. The molecule has 2 rings (SSSR count). The first kappa shape index (κ1) is 12.0. The number of hydrogen-bond donors (Lipinski definition) is 1. The number of ether oxygens (including phenoxy) is 1. The van der Waals surface area contributed by atoms with Crippen LogP contribution in [0.15, 0.2) is 36.5 Å². The maximum absolute atomic E-state index is 13.3. The third-order valence-corrected chi connectivity index (χ3v) is 2.50. The van der Waals surface area contributed by atoms with Crippen LogP contribution in [-0.2, 0) is 0 Å². The van der Waals surface area contributed by atoms with E-state index >= 15 is 0 Å². The Hall–Kier alpha value is -2.43. The highest BCUT2D eigenvalue weighted by molar-refractivity contribution is 6.12. The lowest BCUT2D eigenvalue weighted by Gasteiger charge is -2.08. The molecule has 5 heteroatoms. The van der Waals surface area contributed by atoms with Gasteiger partial charge in [0.1, 0.15) is 11.6 Å². The minimum absolute atomic E-state index is 0.0759. The third-order valence-electron chi connectivity index (χ3n) is 2.50. The molecular formula is C13H11FN2O2. The van der Waals surface area contributed by atoms with E-state index in [-0.39, 0.29) is 16.9 Å². The number of rotatable bonds is 3. The standard InChI is InChI=1S/C13H11FN2O2/c1-18-10-6-3-7-16-12(10)13(17)8-4-2-5-9(14)11(8)15/h2-7H,15H2,1H3. The summed E-state index contributed by atoms with van der Waals surface area (Å²) in [6, 6.07) is 7.32. The van der Waals surface area contributed by atoms with Crippen LogP contribution >= 0.6 is 0 Å². The molecule has 0 saturated carbocycles. The van der Waals surface area contributed by atoms with E-state index in [1.54, 1.807) is 12.1 Å². The number of para-hydroxylation sites is 1. The topological polar surface area (TPSA) is 65.2 Å². The van der Waals surface area contributed by atoms with Crippen LogP contribution in [0.1, 0.15) is 16.1 Å². The molecule has 92 valence electrons. The highest BCUT2D eigenvalue weighted by Crippen LogP contribution is 2.23. The number of ketones is 1. The largest absolute Gasteiger partial charge is 0.494 e. The average molecular weight is 246 g/mol. The molecule has 1 aromatic carbocycles. The van der Waals surface area contributed by atoms with E-state index in [0.717, 1.165) is 0 Å². The summed E-state index contributed by atoms with van der Waals surface area (Å²) in [5.41, 5.74) is 5.55. The second-order valence-corrected chi connectivity index (χ2v) is 3.58.